The molecule has 3 unspecified atom stereocenters. The molecule has 0 heterocycles. The largest absolute Gasteiger partial charge is 0.464 e. The molecule has 0 aliphatic heterocycles. The van der Waals surface area contributed by atoms with E-state index < -0.39 is 12.4 Å². The van der Waals surface area contributed by atoms with E-state index in [1.807, 2.05) is 12.1 Å². The molecule has 30 heavy (non-hydrogen) atoms. The molecule has 1 aliphatic rings. The SMILES string of the molecule is CCCCCC(O)C=CC1C=C(Cl)C(=O)C1=Cc1cccc(OC(CC=O)OC)c1. The zero-order valence-electron chi connectivity index (χ0n) is 17.4. The molecular weight excluding hydrogens is 404 g/mol. The van der Waals surface area contributed by atoms with Crippen molar-refractivity contribution in [1.29, 1.82) is 0 Å². The summed E-state index contributed by atoms with van der Waals surface area (Å²) in [6, 6.07) is 7.17. The number of hydrogen-bond donors (Lipinski definition) is 1. The van der Waals surface area contributed by atoms with Gasteiger partial charge in [0, 0.05) is 18.6 Å². The first-order chi connectivity index (χ1) is 14.5. The lowest BCUT2D eigenvalue weighted by molar-refractivity contribution is -0.117. The Labute approximate surface area is 183 Å². The van der Waals surface area contributed by atoms with Crippen LogP contribution in [0.5, 0.6) is 5.75 Å². The van der Waals surface area contributed by atoms with Crippen LogP contribution in [0.4, 0.5) is 0 Å². The van der Waals surface area contributed by atoms with E-state index in [1.165, 1.54) is 7.11 Å². The third kappa shape index (κ3) is 7.24. The molecule has 0 amide bonds. The summed E-state index contributed by atoms with van der Waals surface area (Å²) in [5.41, 5.74) is 1.30. The van der Waals surface area contributed by atoms with Crippen molar-refractivity contribution in [3.63, 3.8) is 0 Å². The fraction of sp³-hybridized carbons (Fsp3) is 0.417. The van der Waals surface area contributed by atoms with Gasteiger partial charge in [-0.25, -0.2) is 0 Å². The summed E-state index contributed by atoms with van der Waals surface area (Å²) in [6.07, 6.45) is 10.5. The molecule has 0 radical (unpaired) electrons. The number of Topliss-reactive ketones (excluding diaryl/α,β-unsaturated/α-hetero) is 1. The normalized spacial score (nSPS) is 19.9. The molecule has 0 saturated carbocycles. The van der Waals surface area contributed by atoms with Crippen LogP contribution in [0.2, 0.25) is 0 Å². The average Bonchev–Trinajstić information content (AvgIpc) is 3.00. The Kier molecular flexibility index (Phi) is 10.0. The number of rotatable bonds is 12. The van der Waals surface area contributed by atoms with Gasteiger partial charge < -0.3 is 19.4 Å². The first-order valence-corrected chi connectivity index (χ1v) is 10.6. The molecule has 1 aromatic rings. The van der Waals surface area contributed by atoms with Gasteiger partial charge in [-0.1, -0.05) is 68.1 Å². The van der Waals surface area contributed by atoms with Crippen LogP contribution < -0.4 is 4.74 Å². The van der Waals surface area contributed by atoms with Crippen LogP contribution in [0, 0.1) is 5.92 Å². The minimum atomic E-state index is -0.667. The Hall–Kier alpha value is -2.21. The van der Waals surface area contributed by atoms with Gasteiger partial charge in [-0.3, -0.25) is 4.79 Å². The van der Waals surface area contributed by atoms with Crippen LogP contribution >= 0.6 is 11.6 Å². The smallest absolute Gasteiger partial charge is 0.206 e. The number of ether oxygens (including phenoxy) is 2. The molecule has 162 valence electrons. The van der Waals surface area contributed by atoms with E-state index in [9.17, 15) is 14.7 Å². The average molecular weight is 433 g/mol. The standard InChI is InChI=1S/C24H29ClO5/c1-3-4-5-8-19(27)11-10-18-16-22(25)24(28)21(18)15-17-7-6-9-20(14-17)30-23(29-2)12-13-26/h6-7,9-11,13-16,18-19,23,27H,3-5,8,12H2,1-2H3. The van der Waals surface area contributed by atoms with E-state index in [4.69, 9.17) is 21.1 Å². The first-order valence-electron chi connectivity index (χ1n) is 10.2. The van der Waals surface area contributed by atoms with Crippen LogP contribution in [0.15, 0.2) is 53.1 Å². The summed E-state index contributed by atoms with van der Waals surface area (Å²) in [6.45, 7) is 2.12. The van der Waals surface area contributed by atoms with Gasteiger partial charge in [0.2, 0.25) is 12.1 Å². The minimum absolute atomic E-state index is 0.118. The topological polar surface area (TPSA) is 72.8 Å². The molecule has 2 rings (SSSR count). The molecule has 6 heteroatoms. The predicted octanol–water partition coefficient (Wildman–Crippen LogP) is 4.83. The number of aldehydes is 1. The van der Waals surface area contributed by atoms with Crippen LogP contribution in [0.1, 0.15) is 44.6 Å². The number of allylic oxidation sites excluding steroid dienone is 4. The lowest BCUT2D eigenvalue weighted by Crippen LogP contribution is -2.19. The van der Waals surface area contributed by atoms with Gasteiger partial charge in [0.25, 0.3) is 0 Å². The number of aliphatic hydroxyl groups is 1. The summed E-state index contributed by atoms with van der Waals surface area (Å²) in [4.78, 5) is 23.2. The number of aliphatic hydroxyl groups excluding tert-OH is 1. The number of carbonyl (C=O) groups excluding carboxylic acids is 2. The van der Waals surface area contributed by atoms with Crippen molar-refractivity contribution in [3.8, 4) is 5.75 Å². The number of methoxy groups -OCH3 is 1. The summed E-state index contributed by atoms with van der Waals surface area (Å²) in [5, 5.41) is 10.3. The maximum Gasteiger partial charge on any atom is 0.206 e. The lowest BCUT2D eigenvalue weighted by atomic mass is 9.97. The van der Waals surface area contributed by atoms with Crippen molar-refractivity contribution >= 4 is 29.7 Å². The maximum atomic E-state index is 12.5. The Morgan fingerprint density at radius 1 is 1.30 bits per heavy atom. The van der Waals surface area contributed by atoms with Crippen LogP contribution in [-0.2, 0) is 14.3 Å². The van der Waals surface area contributed by atoms with E-state index in [0.717, 1.165) is 31.1 Å². The Morgan fingerprint density at radius 2 is 2.10 bits per heavy atom. The molecule has 1 N–H and O–H groups in total. The number of unbranched alkanes of at least 4 members (excludes halogenated alkanes) is 2. The molecular formula is C24H29ClO5. The van der Waals surface area contributed by atoms with Crippen LogP contribution in [-0.4, -0.2) is 36.7 Å². The van der Waals surface area contributed by atoms with Crippen molar-refractivity contribution in [2.24, 2.45) is 5.92 Å². The number of ketones is 1. The van der Waals surface area contributed by atoms with Crippen LogP contribution in [0.3, 0.4) is 0 Å². The summed E-state index contributed by atoms with van der Waals surface area (Å²) < 4.78 is 10.8. The molecule has 3 atom stereocenters. The molecule has 1 aliphatic carbocycles. The van der Waals surface area contributed by atoms with E-state index in [-0.39, 0.29) is 23.2 Å². The molecule has 0 fully saturated rings. The highest BCUT2D eigenvalue weighted by Gasteiger charge is 2.27. The first kappa shape index (κ1) is 24.1. The van der Waals surface area contributed by atoms with Crippen molar-refractivity contribution in [2.75, 3.05) is 7.11 Å². The summed E-state index contributed by atoms with van der Waals surface area (Å²) in [7, 11) is 1.47. The lowest BCUT2D eigenvalue weighted by Gasteiger charge is -2.15. The quantitative estimate of drug-likeness (QED) is 0.168. The molecule has 0 spiro atoms. The maximum absolute atomic E-state index is 12.5. The van der Waals surface area contributed by atoms with E-state index in [1.54, 1.807) is 36.4 Å². The second-order valence-electron chi connectivity index (χ2n) is 7.18. The molecule has 0 aromatic heterocycles. The highest BCUT2D eigenvalue weighted by atomic mass is 35.5. The molecule has 5 nitrogen and oxygen atoms in total. The van der Waals surface area contributed by atoms with Gasteiger partial charge in [-0.2, -0.15) is 0 Å². The minimum Gasteiger partial charge on any atom is -0.464 e. The third-order valence-corrected chi connectivity index (χ3v) is 5.11. The molecule has 0 saturated heterocycles. The second-order valence-corrected chi connectivity index (χ2v) is 7.58. The van der Waals surface area contributed by atoms with Crippen molar-refractivity contribution in [3.05, 3.63) is 58.7 Å². The van der Waals surface area contributed by atoms with Crippen molar-refractivity contribution in [1.82, 2.24) is 0 Å². The highest BCUT2D eigenvalue weighted by Crippen LogP contribution is 2.32. The monoisotopic (exact) mass is 432 g/mol. The van der Waals surface area contributed by atoms with Gasteiger partial charge in [0.1, 0.15) is 12.0 Å². The van der Waals surface area contributed by atoms with E-state index in [0.29, 0.717) is 17.7 Å². The van der Waals surface area contributed by atoms with Gasteiger partial charge in [-0.15, -0.1) is 0 Å². The number of halogens is 1. The van der Waals surface area contributed by atoms with Crippen molar-refractivity contribution < 1.29 is 24.2 Å². The summed E-state index contributed by atoms with van der Waals surface area (Å²) in [5.74, 6) is 0.00649. The summed E-state index contributed by atoms with van der Waals surface area (Å²) >= 11 is 6.09. The van der Waals surface area contributed by atoms with E-state index >= 15 is 0 Å². The van der Waals surface area contributed by atoms with Crippen LogP contribution in [0.25, 0.3) is 6.08 Å². The van der Waals surface area contributed by atoms with E-state index in [2.05, 4.69) is 6.92 Å². The fourth-order valence-electron chi connectivity index (χ4n) is 3.16. The number of hydrogen-bond acceptors (Lipinski definition) is 5. The molecule has 0 bridgehead atoms. The van der Waals surface area contributed by atoms with Crippen molar-refractivity contribution in [2.45, 2.75) is 51.4 Å². The third-order valence-electron chi connectivity index (χ3n) is 4.81. The molecule has 1 aromatic carbocycles. The second kappa shape index (κ2) is 12.5. The van der Waals surface area contributed by atoms with Gasteiger partial charge in [0.05, 0.1) is 17.6 Å². The zero-order valence-corrected chi connectivity index (χ0v) is 18.2. The Bertz CT molecular complexity index is 812. The van der Waals surface area contributed by atoms with Gasteiger partial charge in [0.15, 0.2) is 0 Å². The zero-order chi connectivity index (χ0) is 21.9. The fourth-order valence-corrected chi connectivity index (χ4v) is 3.41. The number of carbonyl (C=O) groups is 2. The number of benzene rings is 1. The predicted molar refractivity (Wildman–Crippen MR) is 118 cm³/mol. The Morgan fingerprint density at radius 3 is 2.80 bits per heavy atom. The van der Waals surface area contributed by atoms with Gasteiger partial charge >= 0.3 is 0 Å². The van der Waals surface area contributed by atoms with Gasteiger partial charge in [-0.05, 0) is 30.2 Å². The highest BCUT2D eigenvalue weighted by molar-refractivity contribution is 6.46. The Balaban J connectivity index is 2.16.